The van der Waals surface area contributed by atoms with Crippen LogP contribution in [-0.2, 0) is 6.42 Å². The van der Waals surface area contributed by atoms with Crippen LogP contribution < -0.4 is 4.74 Å². The maximum atomic E-state index is 6.11. The van der Waals surface area contributed by atoms with Gasteiger partial charge in [0.1, 0.15) is 5.75 Å². The van der Waals surface area contributed by atoms with E-state index in [9.17, 15) is 0 Å². The van der Waals surface area contributed by atoms with E-state index >= 15 is 0 Å². The van der Waals surface area contributed by atoms with E-state index in [-0.39, 0.29) is 4.83 Å². The molecule has 0 aliphatic rings. The van der Waals surface area contributed by atoms with Crippen molar-refractivity contribution in [2.24, 2.45) is 0 Å². The van der Waals surface area contributed by atoms with Gasteiger partial charge in [0.2, 0.25) is 0 Å². The lowest BCUT2D eigenvalue weighted by atomic mass is 10.0. The lowest BCUT2D eigenvalue weighted by molar-refractivity contribution is 0.410. The van der Waals surface area contributed by atoms with Crippen molar-refractivity contribution in [2.75, 3.05) is 7.11 Å². The first-order valence-electron chi connectivity index (χ1n) is 7.22. The Labute approximate surface area is 140 Å². The van der Waals surface area contributed by atoms with Gasteiger partial charge in [-0.25, -0.2) is 0 Å². The van der Waals surface area contributed by atoms with Gasteiger partial charge in [-0.1, -0.05) is 65.1 Å². The number of ether oxygens (including phenoxy) is 1. The molecule has 21 heavy (non-hydrogen) atoms. The summed E-state index contributed by atoms with van der Waals surface area (Å²) >= 11 is 9.87. The number of methoxy groups -OCH3 is 1. The molecule has 0 saturated carbocycles. The molecule has 0 aliphatic heterocycles. The molecule has 2 aromatic rings. The predicted molar refractivity (Wildman–Crippen MR) is 93.8 cm³/mol. The van der Waals surface area contributed by atoms with Gasteiger partial charge in [-0.05, 0) is 42.2 Å². The van der Waals surface area contributed by atoms with Gasteiger partial charge in [-0.2, -0.15) is 0 Å². The minimum atomic E-state index is 0.0753. The second-order valence-corrected chi connectivity index (χ2v) is 6.45. The Morgan fingerprint density at radius 2 is 1.86 bits per heavy atom. The van der Waals surface area contributed by atoms with E-state index in [1.807, 2.05) is 18.2 Å². The van der Waals surface area contributed by atoms with Gasteiger partial charge in [0.05, 0.1) is 11.9 Å². The van der Waals surface area contributed by atoms with Crippen LogP contribution in [0.3, 0.4) is 0 Å². The molecule has 112 valence electrons. The lowest BCUT2D eigenvalue weighted by Crippen LogP contribution is -1.97. The fraction of sp³-hybridized carbons (Fsp3) is 0.333. The lowest BCUT2D eigenvalue weighted by Gasteiger charge is -2.15. The van der Waals surface area contributed by atoms with Gasteiger partial charge in [0.25, 0.3) is 0 Å². The molecule has 0 radical (unpaired) electrons. The monoisotopic (exact) mass is 366 g/mol. The summed E-state index contributed by atoms with van der Waals surface area (Å²) in [5.74, 6) is 0.844. The summed E-state index contributed by atoms with van der Waals surface area (Å²) in [5.41, 5.74) is 3.64. The van der Waals surface area contributed by atoms with Crippen LogP contribution in [0.5, 0.6) is 5.75 Å². The van der Waals surface area contributed by atoms with Crippen LogP contribution in [0.15, 0.2) is 42.5 Å². The standard InChI is InChI=1S/C18H20BrClO/c1-3-4-5-13-6-8-14(9-7-13)18(19)16-12-15(20)10-11-17(16)21-2/h6-12,18H,3-5H2,1-2H3. The molecule has 2 aromatic carbocycles. The van der Waals surface area contributed by atoms with Crippen molar-refractivity contribution in [2.45, 2.75) is 31.0 Å². The van der Waals surface area contributed by atoms with Crippen LogP contribution in [0.1, 0.15) is 41.3 Å². The van der Waals surface area contributed by atoms with Gasteiger partial charge < -0.3 is 4.74 Å². The van der Waals surface area contributed by atoms with Crippen LogP contribution in [0.2, 0.25) is 5.02 Å². The Bertz CT molecular complexity index is 580. The van der Waals surface area contributed by atoms with Crippen molar-refractivity contribution < 1.29 is 4.74 Å². The molecule has 1 atom stereocenters. The summed E-state index contributed by atoms with van der Waals surface area (Å²) in [6.45, 7) is 2.22. The van der Waals surface area contributed by atoms with E-state index in [2.05, 4.69) is 47.1 Å². The van der Waals surface area contributed by atoms with Crippen LogP contribution in [0.4, 0.5) is 0 Å². The van der Waals surface area contributed by atoms with Gasteiger partial charge >= 0.3 is 0 Å². The maximum Gasteiger partial charge on any atom is 0.123 e. The van der Waals surface area contributed by atoms with Gasteiger partial charge in [-0.15, -0.1) is 0 Å². The second kappa shape index (κ2) is 7.86. The van der Waals surface area contributed by atoms with Crippen molar-refractivity contribution >= 4 is 27.5 Å². The Morgan fingerprint density at radius 3 is 2.48 bits per heavy atom. The highest BCUT2D eigenvalue weighted by Crippen LogP contribution is 2.38. The third-order valence-electron chi connectivity index (χ3n) is 3.56. The fourth-order valence-electron chi connectivity index (χ4n) is 2.32. The van der Waals surface area contributed by atoms with Crippen molar-refractivity contribution in [1.29, 1.82) is 0 Å². The smallest absolute Gasteiger partial charge is 0.123 e. The van der Waals surface area contributed by atoms with Gasteiger partial charge in [-0.3, -0.25) is 0 Å². The molecule has 0 N–H and O–H groups in total. The van der Waals surface area contributed by atoms with Crippen LogP contribution in [0.25, 0.3) is 0 Å². The van der Waals surface area contributed by atoms with E-state index in [1.165, 1.54) is 24.0 Å². The van der Waals surface area contributed by atoms with E-state index in [0.717, 1.165) is 22.8 Å². The highest BCUT2D eigenvalue weighted by atomic mass is 79.9. The van der Waals surface area contributed by atoms with Crippen LogP contribution in [-0.4, -0.2) is 7.11 Å². The molecule has 0 saturated heterocycles. The number of unbranched alkanes of at least 4 members (excludes halogenated alkanes) is 1. The minimum absolute atomic E-state index is 0.0753. The van der Waals surface area contributed by atoms with E-state index in [1.54, 1.807) is 7.11 Å². The third-order valence-corrected chi connectivity index (χ3v) is 4.81. The summed E-state index contributed by atoms with van der Waals surface area (Å²) in [6.07, 6.45) is 3.60. The van der Waals surface area contributed by atoms with Gasteiger partial charge in [0, 0.05) is 10.6 Å². The van der Waals surface area contributed by atoms with E-state index in [4.69, 9.17) is 16.3 Å². The largest absolute Gasteiger partial charge is 0.496 e. The molecule has 0 amide bonds. The highest BCUT2D eigenvalue weighted by molar-refractivity contribution is 9.09. The van der Waals surface area contributed by atoms with Gasteiger partial charge in [0.15, 0.2) is 0 Å². The summed E-state index contributed by atoms with van der Waals surface area (Å²) in [7, 11) is 1.68. The van der Waals surface area contributed by atoms with E-state index in [0.29, 0.717) is 0 Å². The normalized spacial score (nSPS) is 12.2. The molecule has 3 heteroatoms. The summed E-state index contributed by atoms with van der Waals surface area (Å²) in [6, 6.07) is 14.5. The minimum Gasteiger partial charge on any atom is -0.496 e. The van der Waals surface area contributed by atoms with Crippen LogP contribution >= 0.6 is 27.5 Å². The van der Waals surface area contributed by atoms with Crippen molar-refractivity contribution in [3.63, 3.8) is 0 Å². The zero-order valence-electron chi connectivity index (χ0n) is 12.4. The number of hydrogen-bond acceptors (Lipinski definition) is 1. The predicted octanol–water partition coefficient (Wildman–Crippen LogP) is 6.18. The summed E-state index contributed by atoms with van der Waals surface area (Å²) < 4.78 is 5.43. The molecule has 0 aromatic heterocycles. The average molecular weight is 368 g/mol. The molecule has 0 aliphatic carbocycles. The number of halogens is 2. The first-order chi connectivity index (χ1) is 10.2. The first-order valence-corrected chi connectivity index (χ1v) is 8.51. The van der Waals surface area contributed by atoms with Crippen molar-refractivity contribution in [1.82, 2.24) is 0 Å². The topological polar surface area (TPSA) is 9.23 Å². The summed E-state index contributed by atoms with van der Waals surface area (Å²) in [4.78, 5) is 0.0753. The van der Waals surface area contributed by atoms with Crippen molar-refractivity contribution in [3.05, 3.63) is 64.2 Å². The molecule has 0 bridgehead atoms. The molecule has 1 unspecified atom stereocenters. The number of rotatable bonds is 6. The molecule has 0 heterocycles. The first kappa shape index (κ1) is 16.4. The SMILES string of the molecule is CCCCc1ccc(C(Br)c2cc(Cl)ccc2OC)cc1. The zero-order chi connectivity index (χ0) is 15.2. The number of aryl methyl sites for hydroxylation is 1. The summed E-state index contributed by atoms with van der Waals surface area (Å²) in [5, 5.41) is 0.717. The molecular weight excluding hydrogens is 348 g/mol. The quantitative estimate of drug-likeness (QED) is 0.554. The Hall–Kier alpha value is -0.990. The Kier molecular flexibility index (Phi) is 6.13. The van der Waals surface area contributed by atoms with Crippen LogP contribution in [0, 0.1) is 0 Å². The number of benzene rings is 2. The molecule has 1 nitrogen and oxygen atoms in total. The fourth-order valence-corrected chi connectivity index (χ4v) is 3.16. The number of alkyl halides is 1. The number of hydrogen-bond donors (Lipinski definition) is 0. The average Bonchev–Trinajstić information content (AvgIpc) is 2.52. The maximum absolute atomic E-state index is 6.11. The van der Waals surface area contributed by atoms with Crippen molar-refractivity contribution in [3.8, 4) is 5.75 Å². The molecule has 2 rings (SSSR count). The molecule has 0 fully saturated rings. The highest BCUT2D eigenvalue weighted by Gasteiger charge is 2.15. The molecule has 0 spiro atoms. The third kappa shape index (κ3) is 4.24. The Morgan fingerprint density at radius 1 is 1.14 bits per heavy atom. The second-order valence-electron chi connectivity index (χ2n) is 5.09. The molecular formula is C18H20BrClO. The Balaban J connectivity index is 2.23. The zero-order valence-corrected chi connectivity index (χ0v) is 14.7. The van der Waals surface area contributed by atoms with E-state index < -0.39 is 0 Å².